The Labute approximate surface area is 292 Å². The van der Waals surface area contributed by atoms with Crippen molar-refractivity contribution in [1.82, 2.24) is 34.6 Å². The summed E-state index contributed by atoms with van der Waals surface area (Å²) in [6.07, 6.45) is -0.538. The molecule has 4 aliphatic rings. The number of piperazine rings is 2. The van der Waals surface area contributed by atoms with E-state index in [-0.39, 0.29) is 13.0 Å². The molecule has 0 spiro atoms. The van der Waals surface area contributed by atoms with E-state index in [0.29, 0.717) is 62.0 Å². The van der Waals surface area contributed by atoms with Crippen LogP contribution in [-0.2, 0) is 14.4 Å². The van der Waals surface area contributed by atoms with Gasteiger partial charge in [-0.1, -0.05) is 18.5 Å². The van der Waals surface area contributed by atoms with Crippen molar-refractivity contribution in [2.75, 3.05) is 88.8 Å². The minimum Gasteiger partial charge on any atom is -0.392 e. The van der Waals surface area contributed by atoms with Crippen LogP contribution < -0.4 is 10.2 Å². The van der Waals surface area contributed by atoms with Gasteiger partial charge in [0.25, 0.3) is 11.8 Å². The molecule has 0 unspecified atom stereocenters. The summed E-state index contributed by atoms with van der Waals surface area (Å²) < 4.78 is 0. The number of rotatable bonds is 7. The molecule has 0 saturated carbocycles. The molecule has 1 aromatic heterocycles. The van der Waals surface area contributed by atoms with Gasteiger partial charge in [0.15, 0.2) is 0 Å². The highest BCUT2D eigenvalue weighted by Crippen LogP contribution is 2.36. The summed E-state index contributed by atoms with van der Waals surface area (Å²) in [7, 11) is 0. The van der Waals surface area contributed by atoms with Gasteiger partial charge >= 0.3 is 6.09 Å². The van der Waals surface area contributed by atoms with Crippen molar-refractivity contribution in [3.05, 3.63) is 46.7 Å². The number of hydroxylamine groups is 2. The van der Waals surface area contributed by atoms with Gasteiger partial charge in [-0.2, -0.15) is 0 Å². The average molecular weight is 698 g/mol. The third kappa shape index (κ3) is 7.78. The molecule has 2 aromatic rings. The van der Waals surface area contributed by atoms with Crippen LogP contribution in [0.2, 0.25) is 5.02 Å². The van der Waals surface area contributed by atoms with E-state index in [1.165, 1.54) is 0 Å². The van der Waals surface area contributed by atoms with E-state index >= 15 is 0 Å². The number of nitrogens with one attached hydrogen (secondary N) is 1. The Balaban J connectivity index is 1.20. The molecule has 266 valence electrons. The molecule has 2 atom stereocenters. The third-order valence-electron chi connectivity index (χ3n) is 10.3. The number of aromatic nitrogens is 2. The molecule has 0 radical (unpaired) electrons. The Morgan fingerprint density at radius 1 is 0.898 bits per heavy atom. The number of hydrogen-bond donors (Lipinski definition) is 2. The second-order valence-corrected chi connectivity index (χ2v) is 13.9. The summed E-state index contributed by atoms with van der Waals surface area (Å²) in [5.74, 6) is -0.315. The maximum absolute atomic E-state index is 14.7. The molecule has 0 bridgehead atoms. The first-order chi connectivity index (χ1) is 23.5. The molecule has 4 saturated heterocycles. The van der Waals surface area contributed by atoms with Crippen LogP contribution in [-0.4, -0.2) is 154 Å². The van der Waals surface area contributed by atoms with E-state index in [0.717, 1.165) is 62.0 Å². The number of hydrogen-bond acceptors (Lipinski definition) is 11. The summed E-state index contributed by atoms with van der Waals surface area (Å²) in [4.78, 5) is 67.9. The van der Waals surface area contributed by atoms with E-state index in [1.54, 1.807) is 34.1 Å². The number of amides is 3. The fraction of sp³-hybridized carbons (Fsp3) is 0.618. The highest BCUT2D eigenvalue weighted by atomic mass is 35.5. The number of β-amino-alcohol motifs (C(OH)–C–C–N with tert-alkyl or cyclic N) is 1. The van der Waals surface area contributed by atoms with Crippen molar-refractivity contribution in [1.29, 1.82) is 0 Å². The standard InChI is InChI=1S/C34H48ClN9O5/c1-4-39-13-15-40(16-14-39)28-9-11-41(12-10-28)30(46)34(22-29(45)23-44(34)49-33(48)38-27-7-5-26(35)6-8-27)31(47)42-17-19-43(20-18-42)32-36-24(2)21-25(3)37-32/h5-8,21,28-29,45H,4,9-20,22-23H2,1-3H3,(H,38,48)/t29-,34-/m1/s1. The monoisotopic (exact) mass is 697 g/mol. The molecule has 4 fully saturated rings. The average Bonchev–Trinajstić information content (AvgIpc) is 3.44. The highest BCUT2D eigenvalue weighted by Gasteiger charge is 2.62. The van der Waals surface area contributed by atoms with Crippen LogP contribution in [0.1, 0.15) is 37.6 Å². The van der Waals surface area contributed by atoms with Gasteiger partial charge in [0.2, 0.25) is 11.5 Å². The molecule has 2 N–H and O–H groups in total. The lowest BCUT2D eigenvalue weighted by atomic mass is 9.90. The van der Waals surface area contributed by atoms with E-state index in [2.05, 4.69) is 32.0 Å². The van der Waals surface area contributed by atoms with Gasteiger partial charge in [-0.3, -0.25) is 19.8 Å². The fourth-order valence-electron chi connectivity index (χ4n) is 7.58. The predicted molar refractivity (Wildman–Crippen MR) is 185 cm³/mol. The second-order valence-electron chi connectivity index (χ2n) is 13.5. The number of benzene rings is 1. The van der Waals surface area contributed by atoms with E-state index in [1.807, 2.05) is 24.8 Å². The predicted octanol–water partition coefficient (Wildman–Crippen LogP) is 1.99. The maximum Gasteiger partial charge on any atom is 0.430 e. The maximum atomic E-state index is 14.7. The number of halogens is 1. The fourth-order valence-corrected chi connectivity index (χ4v) is 7.71. The van der Waals surface area contributed by atoms with Gasteiger partial charge in [0, 0.05) is 100 Å². The quantitative estimate of drug-likeness (QED) is 0.411. The van der Waals surface area contributed by atoms with Crippen molar-refractivity contribution < 1.29 is 24.3 Å². The number of aliphatic hydroxyl groups excluding tert-OH is 1. The van der Waals surface area contributed by atoms with Crippen molar-refractivity contribution in [2.24, 2.45) is 0 Å². The molecule has 0 aliphatic carbocycles. The molecular formula is C34H48ClN9O5. The molecule has 6 rings (SSSR count). The Morgan fingerprint density at radius 3 is 2.08 bits per heavy atom. The first-order valence-electron chi connectivity index (χ1n) is 17.4. The minimum atomic E-state index is -1.91. The van der Waals surface area contributed by atoms with Crippen LogP contribution in [0.3, 0.4) is 0 Å². The van der Waals surface area contributed by atoms with Crippen LogP contribution in [0.5, 0.6) is 0 Å². The largest absolute Gasteiger partial charge is 0.430 e. The zero-order valence-electron chi connectivity index (χ0n) is 28.7. The van der Waals surface area contributed by atoms with Crippen molar-refractivity contribution in [3.8, 4) is 0 Å². The summed E-state index contributed by atoms with van der Waals surface area (Å²) in [6, 6.07) is 8.78. The lowest BCUT2D eigenvalue weighted by Crippen LogP contribution is -2.68. The number of piperidine rings is 1. The van der Waals surface area contributed by atoms with Gasteiger partial charge in [0.1, 0.15) is 0 Å². The lowest BCUT2D eigenvalue weighted by Gasteiger charge is -2.46. The Kier molecular flexibility index (Phi) is 10.9. The number of aryl methyl sites for hydroxylation is 2. The van der Waals surface area contributed by atoms with Crippen molar-refractivity contribution >= 4 is 41.1 Å². The number of anilines is 2. The molecule has 49 heavy (non-hydrogen) atoms. The Bertz CT molecular complexity index is 1470. The number of carbonyl (C=O) groups is 3. The highest BCUT2D eigenvalue weighted by molar-refractivity contribution is 6.30. The number of nitrogens with zero attached hydrogens (tertiary/aromatic N) is 8. The molecule has 1 aromatic carbocycles. The van der Waals surface area contributed by atoms with Crippen LogP contribution in [0.4, 0.5) is 16.4 Å². The summed E-state index contributed by atoms with van der Waals surface area (Å²) in [5.41, 5.74) is 0.253. The molecule has 14 nitrogen and oxygen atoms in total. The number of likely N-dealkylation sites (N-methyl/N-ethyl adjacent to an activating group) is 1. The molecule has 15 heteroatoms. The Morgan fingerprint density at radius 2 is 1.49 bits per heavy atom. The van der Waals surface area contributed by atoms with Gasteiger partial charge in [-0.15, -0.1) is 5.06 Å². The minimum absolute atomic E-state index is 0.180. The Hall–Kier alpha value is -3.56. The number of likely N-dealkylation sites (tertiary alicyclic amines) is 1. The number of carbonyl (C=O) groups excluding carboxylic acids is 3. The summed E-state index contributed by atoms with van der Waals surface area (Å²) in [6.45, 7) is 13.5. The van der Waals surface area contributed by atoms with E-state index in [4.69, 9.17) is 16.4 Å². The first-order valence-corrected chi connectivity index (χ1v) is 17.8. The van der Waals surface area contributed by atoms with Crippen molar-refractivity contribution in [2.45, 2.75) is 57.7 Å². The SMILES string of the molecule is CCN1CCN(C2CCN(C(=O)[C@@]3(C(=O)N4CCN(c5nc(C)cc(C)n5)CC4)C[C@@H](O)CN3OC(=O)Nc3ccc(Cl)cc3)CC2)CC1. The first kappa shape index (κ1) is 35.3. The third-order valence-corrected chi connectivity index (χ3v) is 10.5. The van der Waals surface area contributed by atoms with Crippen molar-refractivity contribution in [3.63, 3.8) is 0 Å². The van der Waals surface area contributed by atoms with Gasteiger partial charge in [0.05, 0.1) is 12.6 Å². The summed E-state index contributed by atoms with van der Waals surface area (Å²) in [5, 5.41) is 15.3. The zero-order chi connectivity index (χ0) is 34.7. The van der Waals surface area contributed by atoms with Crippen LogP contribution in [0.15, 0.2) is 30.3 Å². The summed E-state index contributed by atoms with van der Waals surface area (Å²) >= 11 is 6.00. The second kappa shape index (κ2) is 15.1. The van der Waals surface area contributed by atoms with E-state index < -0.39 is 29.6 Å². The molecule has 4 aliphatic heterocycles. The molecular weight excluding hydrogens is 650 g/mol. The smallest absolute Gasteiger partial charge is 0.392 e. The molecule has 3 amide bonds. The van der Waals surface area contributed by atoms with Crippen LogP contribution in [0, 0.1) is 13.8 Å². The van der Waals surface area contributed by atoms with Gasteiger partial charge < -0.3 is 29.5 Å². The van der Waals surface area contributed by atoms with E-state index in [9.17, 15) is 19.5 Å². The zero-order valence-corrected chi connectivity index (χ0v) is 29.4. The lowest BCUT2D eigenvalue weighted by molar-refractivity contribution is -0.189. The molecule has 5 heterocycles. The normalized spacial score (nSPS) is 24.7. The van der Waals surface area contributed by atoms with Gasteiger partial charge in [-0.25, -0.2) is 14.8 Å². The van der Waals surface area contributed by atoms with Gasteiger partial charge in [-0.05, 0) is 63.6 Å². The van der Waals surface area contributed by atoms with Crippen LogP contribution >= 0.6 is 11.6 Å². The topological polar surface area (TPSA) is 138 Å². The number of aliphatic hydroxyl groups is 1. The van der Waals surface area contributed by atoms with Crippen LogP contribution in [0.25, 0.3) is 0 Å².